The standard InChI is InChI=1S/C24H31NO6/c1-15(2)10-11-18-23(3,31-18)20-19(28-4)17(12-13-24(20)14-29-24)30-22(27)25-21(26)16-8-6-5-7-9-16/h5-10,17-20H,11-14H2,1-4H3,(H,25,26,27)/t17-,18-,19-,20-,23+,24+/m1/s1. The average molecular weight is 430 g/mol. The van der Waals surface area contributed by atoms with Crippen molar-refractivity contribution < 1.29 is 28.5 Å². The fourth-order valence-corrected chi connectivity index (χ4v) is 4.99. The molecule has 1 aliphatic carbocycles. The number of ether oxygens (including phenoxy) is 4. The summed E-state index contributed by atoms with van der Waals surface area (Å²) in [7, 11) is 1.62. The maximum atomic E-state index is 12.5. The van der Waals surface area contributed by atoms with E-state index in [4.69, 9.17) is 18.9 Å². The maximum absolute atomic E-state index is 12.5. The van der Waals surface area contributed by atoms with Crippen LogP contribution in [-0.4, -0.2) is 55.2 Å². The number of imide groups is 1. The first-order valence-corrected chi connectivity index (χ1v) is 10.8. The molecular formula is C24H31NO6. The predicted molar refractivity (Wildman–Crippen MR) is 114 cm³/mol. The van der Waals surface area contributed by atoms with E-state index in [1.165, 1.54) is 5.57 Å². The number of nitrogens with one attached hydrogen (secondary N) is 1. The van der Waals surface area contributed by atoms with Crippen LogP contribution < -0.4 is 5.32 Å². The Morgan fingerprint density at radius 2 is 1.97 bits per heavy atom. The van der Waals surface area contributed by atoms with Crippen molar-refractivity contribution in [3.8, 4) is 0 Å². The van der Waals surface area contributed by atoms with E-state index >= 15 is 0 Å². The molecule has 1 aromatic carbocycles. The number of hydrogen-bond donors (Lipinski definition) is 1. The highest BCUT2D eigenvalue weighted by Crippen LogP contribution is 2.59. The topological polar surface area (TPSA) is 89.7 Å². The van der Waals surface area contributed by atoms with E-state index in [2.05, 4.69) is 32.2 Å². The third-order valence-electron chi connectivity index (χ3n) is 6.75. The molecule has 2 saturated heterocycles. The number of allylic oxidation sites excluding steroid dienone is 1. The molecule has 168 valence electrons. The van der Waals surface area contributed by atoms with Gasteiger partial charge >= 0.3 is 6.09 Å². The monoisotopic (exact) mass is 429 g/mol. The summed E-state index contributed by atoms with van der Waals surface area (Å²) in [5.41, 5.74) is 0.964. The van der Waals surface area contributed by atoms with E-state index in [0.29, 0.717) is 18.6 Å². The van der Waals surface area contributed by atoms with Gasteiger partial charge in [-0.25, -0.2) is 4.79 Å². The minimum atomic E-state index is -0.768. The lowest BCUT2D eigenvalue weighted by atomic mass is 9.68. The van der Waals surface area contributed by atoms with Crippen molar-refractivity contribution in [3.05, 3.63) is 47.5 Å². The van der Waals surface area contributed by atoms with Gasteiger partial charge in [-0.15, -0.1) is 0 Å². The van der Waals surface area contributed by atoms with E-state index in [9.17, 15) is 9.59 Å². The first-order chi connectivity index (χ1) is 14.8. The highest BCUT2D eigenvalue weighted by Gasteiger charge is 2.72. The Labute approximate surface area is 183 Å². The second-order valence-electron chi connectivity index (χ2n) is 9.14. The summed E-state index contributed by atoms with van der Waals surface area (Å²) in [5, 5.41) is 2.31. The summed E-state index contributed by atoms with van der Waals surface area (Å²) in [5.74, 6) is -0.551. The van der Waals surface area contributed by atoms with Gasteiger partial charge in [-0.3, -0.25) is 10.1 Å². The van der Waals surface area contributed by atoms with Crippen molar-refractivity contribution in [1.82, 2.24) is 5.32 Å². The molecule has 0 aromatic heterocycles. The fourth-order valence-electron chi connectivity index (χ4n) is 4.99. The quantitative estimate of drug-likeness (QED) is 0.549. The van der Waals surface area contributed by atoms with Crippen LogP contribution in [0.4, 0.5) is 4.79 Å². The predicted octanol–water partition coefficient (Wildman–Crippen LogP) is 3.63. The molecule has 2 aliphatic heterocycles. The van der Waals surface area contributed by atoms with E-state index in [1.54, 1.807) is 31.4 Å². The van der Waals surface area contributed by atoms with Gasteiger partial charge in [0.25, 0.3) is 5.91 Å². The van der Waals surface area contributed by atoms with Gasteiger partial charge in [-0.2, -0.15) is 0 Å². The van der Waals surface area contributed by atoms with Crippen LogP contribution in [-0.2, 0) is 18.9 Å². The molecule has 7 heteroatoms. The Bertz CT molecular complexity index is 860. The third-order valence-corrected chi connectivity index (χ3v) is 6.75. The largest absolute Gasteiger partial charge is 0.443 e. The van der Waals surface area contributed by atoms with Gasteiger partial charge in [0.1, 0.15) is 23.4 Å². The lowest BCUT2D eigenvalue weighted by Gasteiger charge is -2.42. The van der Waals surface area contributed by atoms with Crippen LogP contribution in [0.5, 0.6) is 0 Å². The average Bonchev–Trinajstić information content (AvgIpc) is 3.65. The van der Waals surface area contributed by atoms with E-state index in [-0.39, 0.29) is 23.7 Å². The number of hydrogen-bond acceptors (Lipinski definition) is 6. The molecule has 0 unspecified atom stereocenters. The summed E-state index contributed by atoms with van der Waals surface area (Å²) >= 11 is 0. The molecular weight excluding hydrogens is 398 g/mol. The molecule has 1 N–H and O–H groups in total. The molecule has 0 radical (unpaired) electrons. The minimum absolute atomic E-state index is 0.0584. The zero-order chi connectivity index (χ0) is 22.2. The molecule has 2 heterocycles. The molecule has 1 aromatic rings. The minimum Gasteiger partial charge on any atom is -0.443 e. The smallest absolute Gasteiger partial charge is 0.414 e. The molecule has 4 rings (SSSR count). The molecule has 6 atom stereocenters. The number of rotatable bonds is 6. The summed E-state index contributed by atoms with van der Waals surface area (Å²) in [6.07, 6.45) is 2.83. The summed E-state index contributed by atoms with van der Waals surface area (Å²) in [6.45, 7) is 6.90. The second kappa shape index (κ2) is 8.37. The number of carbonyl (C=O) groups is 2. The Morgan fingerprint density at radius 1 is 1.26 bits per heavy atom. The molecule has 31 heavy (non-hydrogen) atoms. The van der Waals surface area contributed by atoms with Gasteiger partial charge in [0.2, 0.25) is 0 Å². The molecule has 3 fully saturated rings. The van der Waals surface area contributed by atoms with Crippen LogP contribution in [0.1, 0.15) is 50.4 Å². The van der Waals surface area contributed by atoms with Crippen LogP contribution in [0.25, 0.3) is 0 Å². The molecule has 1 saturated carbocycles. The van der Waals surface area contributed by atoms with Gasteiger partial charge in [0.15, 0.2) is 0 Å². The van der Waals surface area contributed by atoms with Crippen molar-refractivity contribution in [3.63, 3.8) is 0 Å². The van der Waals surface area contributed by atoms with Gasteiger partial charge in [0.05, 0.1) is 18.6 Å². The van der Waals surface area contributed by atoms with Crippen molar-refractivity contribution in [2.24, 2.45) is 5.92 Å². The third kappa shape index (κ3) is 4.40. The Balaban J connectivity index is 1.44. The normalized spacial score (nSPS) is 35.9. The number of carbonyl (C=O) groups excluding carboxylic acids is 2. The lowest BCUT2D eigenvalue weighted by Crippen LogP contribution is -2.56. The maximum Gasteiger partial charge on any atom is 0.414 e. The first-order valence-electron chi connectivity index (χ1n) is 10.8. The second-order valence-corrected chi connectivity index (χ2v) is 9.14. The van der Waals surface area contributed by atoms with Crippen molar-refractivity contribution in [2.45, 2.75) is 69.5 Å². The molecule has 1 spiro atoms. The highest BCUT2D eigenvalue weighted by atomic mass is 16.6. The number of alkyl carbamates (subject to hydrolysis) is 1. The van der Waals surface area contributed by atoms with Crippen LogP contribution in [0.2, 0.25) is 0 Å². The first kappa shape index (κ1) is 22.0. The van der Waals surface area contributed by atoms with E-state index < -0.39 is 23.7 Å². The number of epoxide rings is 2. The van der Waals surface area contributed by atoms with Crippen LogP contribution in [0, 0.1) is 5.92 Å². The zero-order valence-corrected chi connectivity index (χ0v) is 18.6. The van der Waals surface area contributed by atoms with Crippen molar-refractivity contribution in [2.75, 3.05) is 13.7 Å². The van der Waals surface area contributed by atoms with Gasteiger partial charge in [-0.1, -0.05) is 29.8 Å². The van der Waals surface area contributed by atoms with E-state index in [0.717, 1.165) is 12.8 Å². The molecule has 2 amide bonds. The van der Waals surface area contributed by atoms with Gasteiger partial charge in [0, 0.05) is 12.7 Å². The number of amides is 2. The van der Waals surface area contributed by atoms with Crippen LogP contribution in [0.3, 0.4) is 0 Å². The number of methoxy groups -OCH3 is 1. The molecule has 0 bridgehead atoms. The molecule has 3 aliphatic rings. The molecule has 7 nitrogen and oxygen atoms in total. The van der Waals surface area contributed by atoms with Gasteiger partial charge in [-0.05, 0) is 52.2 Å². The van der Waals surface area contributed by atoms with Crippen LogP contribution >= 0.6 is 0 Å². The van der Waals surface area contributed by atoms with Crippen LogP contribution in [0.15, 0.2) is 42.0 Å². The van der Waals surface area contributed by atoms with Crippen molar-refractivity contribution in [1.29, 1.82) is 0 Å². The Kier molecular flexibility index (Phi) is 5.94. The van der Waals surface area contributed by atoms with E-state index in [1.807, 2.05) is 6.07 Å². The van der Waals surface area contributed by atoms with Gasteiger partial charge < -0.3 is 18.9 Å². The lowest BCUT2D eigenvalue weighted by molar-refractivity contribution is -0.117. The Morgan fingerprint density at radius 3 is 2.58 bits per heavy atom. The SMILES string of the molecule is CO[C@@H]1[C@H](OC(=O)NC(=O)c2ccccc2)CC[C@]2(CO2)[C@H]1[C@@]1(C)O[C@@H]1CC=C(C)C. The summed E-state index contributed by atoms with van der Waals surface area (Å²) in [6, 6.07) is 8.57. The van der Waals surface area contributed by atoms with Crippen molar-refractivity contribution >= 4 is 12.0 Å². The number of benzene rings is 1. The zero-order valence-electron chi connectivity index (χ0n) is 18.6. The fraction of sp³-hybridized carbons (Fsp3) is 0.583. The summed E-state index contributed by atoms with van der Waals surface area (Å²) < 4.78 is 23.6. The highest BCUT2D eigenvalue weighted by molar-refractivity contribution is 6.02. The Hall–Kier alpha value is -2.22. The summed E-state index contributed by atoms with van der Waals surface area (Å²) in [4.78, 5) is 24.7.